The van der Waals surface area contributed by atoms with E-state index in [9.17, 15) is 14.9 Å². The van der Waals surface area contributed by atoms with Gasteiger partial charge >= 0.3 is 6.09 Å². The first kappa shape index (κ1) is 29.6. The van der Waals surface area contributed by atoms with E-state index in [1.54, 1.807) is 11.0 Å². The molecule has 1 aliphatic carbocycles. The molecule has 216 valence electrons. The number of hydrogen-bond donors (Lipinski definition) is 1. The summed E-state index contributed by atoms with van der Waals surface area (Å²) in [5.41, 5.74) is 3.89. The molecule has 1 aromatic heterocycles. The van der Waals surface area contributed by atoms with Crippen LogP contribution in [0.15, 0.2) is 18.2 Å². The lowest BCUT2D eigenvalue weighted by molar-refractivity contribution is 0.0118. The zero-order valence-corrected chi connectivity index (χ0v) is 24.7. The molecule has 2 heterocycles. The fourth-order valence-electron chi connectivity index (χ4n) is 5.30. The highest BCUT2D eigenvalue weighted by molar-refractivity contribution is 5.99. The molecule has 40 heavy (non-hydrogen) atoms. The van der Waals surface area contributed by atoms with Crippen LogP contribution in [-0.4, -0.2) is 89.5 Å². The Kier molecular flexibility index (Phi) is 8.86. The highest BCUT2D eigenvalue weighted by Gasteiger charge is 2.35. The maximum atomic E-state index is 12.8. The first-order chi connectivity index (χ1) is 18.9. The number of aromatic nitrogens is 2. The van der Waals surface area contributed by atoms with E-state index in [1.165, 1.54) is 0 Å². The third-order valence-corrected chi connectivity index (χ3v) is 7.23. The van der Waals surface area contributed by atoms with E-state index in [-0.39, 0.29) is 17.3 Å². The summed E-state index contributed by atoms with van der Waals surface area (Å²) in [4.78, 5) is 29.1. The second-order valence-corrected chi connectivity index (χ2v) is 12.4. The quantitative estimate of drug-likeness (QED) is 0.487. The molecule has 1 saturated heterocycles. The number of rotatable bonds is 8. The Balaban J connectivity index is 1.27. The van der Waals surface area contributed by atoms with Crippen molar-refractivity contribution in [2.75, 3.05) is 57.8 Å². The lowest BCUT2D eigenvalue weighted by atomic mass is 9.75. The number of carbonyl (C=O) groups excluding carboxylic acids is 2. The summed E-state index contributed by atoms with van der Waals surface area (Å²) >= 11 is 0. The van der Waals surface area contributed by atoms with Gasteiger partial charge in [0.15, 0.2) is 5.78 Å². The van der Waals surface area contributed by atoms with Crippen molar-refractivity contribution in [1.29, 1.82) is 5.26 Å². The second kappa shape index (κ2) is 12.0. The third-order valence-electron chi connectivity index (χ3n) is 7.23. The number of Topliss-reactive ketones (excluding diaryl/α,β-unsaturated/α-hetero) is 1. The first-order valence-electron chi connectivity index (χ1n) is 14.0. The largest absolute Gasteiger partial charge is 0.444 e. The van der Waals surface area contributed by atoms with Gasteiger partial charge in [0.1, 0.15) is 11.7 Å². The molecule has 1 amide bonds. The maximum Gasteiger partial charge on any atom is 0.410 e. The number of nitrogens with zero attached hydrogens (tertiary/aromatic N) is 5. The van der Waals surface area contributed by atoms with Gasteiger partial charge in [-0.25, -0.2) is 9.48 Å². The van der Waals surface area contributed by atoms with E-state index in [0.29, 0.717) is 50.5 Å². The second-order valence-electron chi connectivity index (χ2n) is 12.4. The summed E-state index contributed by atoms with van der Waals surface area (Å²) in [5.74, 6) is 0.143. The average molecular weight is 551 g/mol. The van der Waals surface area contributed by atoms with Crippen LogP contribution >= 0.6 is 0 Å². The fourth-order valence-corrected chi connectivity index (χ4v) is 5.30. The fraction of sp³-hybridized carbons (Fsp3) is 0.600. The molecule has 2 aliphatic rings. The van der Waals surface area contributed by atoms with Gasteiger partial charge in [0.25, 0.3) is 0 Å². The van der Waals surface area contributed by atoms with Crippen LogP contribution in [0.25, 0.3) is 5.69 Å². The van der Waals surface area contributed by atoms with E-state index in [0.717, 1.165) is 48.7 Å². The van der Waals surface area contributed by atoms with Crippen molar-refractivity contribution in [3.8, 4) is 11.8 Å². The summed E-state index contributed by atoms with van der Waals surface area (Å²) < 4.78 is 13.2. The molecule has 1 aromatic carbocycles. The molecule has 2 aromatic rings. The van der Waals surface area contributed by atoms with Crippen LogP contribution in [0.3, 0.4) is 0 Å². The Labute approximate surface area is 237 Å². The number of amides is 1. The predicted octanol–water partition coefficient (Wildman–Crippen LogP) is 4.19. The Morgan fingerprint density at radius 1 is 1.15 bits per heavy atom. The van der Waals surface area contributed by atoms with Crippen LogP contribution in [0.5, 0.6) is 0 Å². The van der Waals surface area contributed by atoms with Gasteiger partial charge < -0.3 is 19.7 Å². The molecule has 1 aliphatic heterocycles. The number of fused-ring (bicyclic) bond motifs is 1. The van der Waals surface area contributed by atoms with Gasteiger partial charge in [0, 0.05) is 45.7 Å². The minimum Gasteiger partial charge on any atom is -0.444 e. The van der Waals surface area contributed by atoms with E-state index in [2.05, 4.69) is 30.1 Å². The summed E-state index contributed by atoms with van der Waals surface area (Å²) in [5, 5.41) is 17.7. The number of benzene rings is 1. The van der Waals surface area contributed by atoms with E-state index < -0.39 is 5.60 Å². The molecule has 0 saturated carbocycles. The molecule has 1 fully saturated rings. The van der Waals surface area contributed by atoms with Crippen LogP contribution in [0.4, 0.5) is 10.5 Å². The number of nitriles is 1. The van der Waals surface area contributed by atoms with Gasteiger partial charge in [-0.3, -0.25) is 9.69 Å². The highest BCUT2D eigenvalue weighted by Crippen LogP contribution is 2.37. The molecule has 4 rings (SSSR count). The Morgan fingerprint density at radius 3 is 2.55 bits per heavy atom. The number of anilines is 1. The third kappa shape index (κ3) is 7.20. The van der Waals surface area contributed by atoms with Crippen LogP contribution < -0.4 is 5.32 Å². The van der Waals surface area contributed by atoms with Crippen LogP contribution in [0.1, 0.15) is 68.3 Å². The number of carbonyl (C=O) groups is 2. The average Bonchev–Trinajstić information content (AvgIpc) is 3.20. The van der Waals surface area contributed by atoms with Gasteiger partial charge in [-0.2, -0.15) is 10.4 Å². The van der Waals surface area contributed by atoms with Crippen molar-refractivity contribution in [3.63, 3.8) is 0 Å². The SMILES string of the molecule is Cc1nn(-c2ccc(C#N)c(NCCOCCN3CCN(C(=O)OC(C)(C)C)CC3)c2)c2c1C(=O)CC(C)(C)C2. The van der Waals surface area contributed by atoms with E-state index in [4.69, 9.17) is 14.6 Å². The van der Waals surface area contributed by atoms with Gasteiger partial charge in [-0.15, -0.1) is 0 Å². The monoisotopic (exact) mass is 550 g/mol. The molecular weight excluding hydrogens is 508 g/mol. The maximum absolute atomic E-state index is 12.8. The van der Waals surface area contributed by atoms with Crippen LogP contribution in [-0.2, 0) is 15.9 Å². The Bertz CT molecular complexity index is 1280. The molecule has 1 N–H and O–H groups in total. The van der Waals surface area contributed by atoms with Crippen LogP contribution in [0.2, 0.25) is 0 Å². The molecular formula is C30H42N6O4. The normalized spacial score (nSPS) is 17.3. The van der Waals surface area contributed by atoms with E-state index in [1.807, 2.05) is 44.5 Å². The summed E-state index contributed by atoms with van der Waals surface area (Å²) in [6, 6.07) is 7.83. The summed E-state index contributed by atoms with van der Waals surface area (Å²) in [7, 11) is 0. The molecule has 0 radical (unpaired) electrons. The Morgan fingerprint density at radius 2 is 1.88 bits per heavy atom. The lowest BCUT2D eigenvalue weighted by Crippen LogP contribution is -2.50. The van der Waals surface area contributed by atoms with Crippen molar-refractivity contribution in [1.82, 2.24) is 19.6 Å². The molecule has 0 unspecified atom stereocenters. The standard InChI is InChI=1S/C30H42N6O4/c1-21-27-25(18-30(5,6)19-26(27)37)36(33-21)23-8-7-22(20-31)24(17-23)32-9-15-39-16-14-34-10-12-35(13-11-34)28(38)40-29(2,3)4/h7-8,17,32H,9-16,18-19H2,1-6H3. The topological polar surface area (TPSA) is 113 Å². The zero-order valence-electron chi connectivity index (χ0n) is 24.7. The number of aryl methyl sites for hydroxylation is 1. The number of ether oxygens (including phenoxy) is 2. The van der Waals surface area contributed by atoms with Crippen molar-refractivity contribution in [3.05, 3.63) is 40.7 Å². The number of nitrogens with one attached hydrogen (secondary N) is 1. The minimum absolute atomic E-state index is 0.120. The molecule has 10 heteroatoms. The van der Waals surface area contributed by atoms with Crippen molar-refractivity contribution >= 4 is 17.6 Å². The van der Waals surface area contributed by atoms with Crippen molar-refractivity contribution < 1.29 is 19.1 Å². The lowest BCUT2D eigenvalue weighted by Gasteiger charge is -2.35. The number of piperazine rings is 1. The van der Waals surface area contributed by atoms with E-state index >= 15 is 0 Å². The zero-order chi connectivity index (χ0) is 29.1. The summed E-state index contributed by atoms with van der Waals surface area (Å²) in [6.07, 6.45) is 1.03. The highest BCUT2D eigenvalue weighted by atomic mass is 16.6. The number of ketones is 1. The summed E-state index contributed by atoms with van der Waals surface area (Å²) in [6.45, 7) is 17.0. The first-order valence-corrected chi connectivity index (χ1v) is 14.0. The van der Waals surface area contributed by atoms with Gasteiger partial charge in [0.2, 0.25) is 0 Å². The minimum atomic E-state index is -0.485. The Hall–Kier alpha value is -3.42. The van der Waals surface area contributed by atoms with Crippen molar-refractivity contribution in [2.45, 2.75) is 60.0 Å². The van der Waals surface area contributed by atoms with Gasteiger partial charge in [-0.05, 0) is 57.7 Å². The van der Waals surface area contributed by atoms with Gasteiger partial charge in [0.05, 0.1) is 47.1 Å². The van der Waals surface area contributed by atoms with Crippen molar-refractivity contribution in [2.24, 2.45) is 5.41 Å². The smallest absolute Gasteiger partial charge is 0.410 e. The predicted molar refractivity (Wildman–Crippen MR) is 153 cm³/mol. The molecule has 0 spiro atoms. The van der Waals surface area contributed by atoms with Gasteiger partial charge in [-0.1, -0.05) is 13.8 Å². The van der Waals surface area contributed by atoms with Crippen LogP contribution in [0, 0.1) is 23.7 Å². The molecule has 0 atom stereocenters. The molecule has 10 nitrogen and oxygen atoms in total. The number of hydrogen-bond acceptors (Lipinski definition) is 8. The molecule has 0 bridgehead atoms.